The maximum absolute atomic E-state index is 11.3. The molecular weight excluding hydrogens is 208 g/mol. The summed E-state index contributed by atoms with van der Waals surface area (Å²) in [5.41, 5.74) is -0.793. The van der Waals surface area contributed by atoms with Crippen LogP contribution < -0.4 is 0 Å². The van der Waals surface area contributed by atoms with Crippen LogP contribution >= 0.6 is 0 Å². The maximum Gasteiger partial charge on any atom is 0.310 e. The molecule has 1 aliphatic carbocycles. The lowest BCUT2D eigenvalue weighted by atomic mass is 9.52. The van der Waals surface area contributed by atoms with E-state index in [4.69, 9.17) is 4.74 Å². The van der Waals surface area contributed by atoms with E-state index in [-0.39, 0.29) is 11.8 Å². The lowest BCUT2D eigenvalue weighted by Gasteiger charge is -2.57. The Morgan fingerprint density at radius 3 is 2.25 bits per heavy atom. The molecule has 0 spiro atoms. The Hall–Kier alpha value is -1.06. The average molecular weight is 228 g/mol. The van der Waals surface area contributed by atoms with E-state index in [0.717, 1.165) is 6.42 Å². The SMILES string of the molecule is CCC1C(C)C(CC)(OC(C)=O)C1C(=O)O. The van der Waals surface area contributed by atoms with Gasteiger partial charge in [-0.3, -0.25) is 9.59 Å². The van der Waals surface area contributed by atoms with Crippen molar-refractivity contribution in [2.45, 2.75) is 46.1 Å². The summed E-state index contributed by atoms with van der Waals surface area (Å²) in [5, 5.41) is 9.24. The summed E-state index contributed by atoms with van der Waals surface area (Å²) in [4.78, 5) is 22.4. The Bertz CT molecular complexity index is 299. The van der Waals surface area contributed by atoms with Gasteiger partial charge in [-0.25, -0.2) is 0 Å². The number of aliphatic carboxylic acids is 1. The van der Waals surface area contributed by atoms with E-state index in [2.05, 4.69) is 0 Å². The molecule has 1 aliphatic rings. The van der Waals surface area contributed by atoms with Crippen LogP contribution in [0.2, 0.25) is 0 Å². The highest BCUT2D eigenvalue weighted by Gasteiger charge is 2.63. The third-order valence-electron chi connectivity index (χ3n) is 3.99. The lowest BCUT2D eigenvalue weighted by Crippen LogP contribution is -2.65. The van der Waals surface area contributed by atoms with E-state index in [1.807, 2.05) is 20.8 Å². The zero-order valence-electron chi connectivity index (χ0n) is 10.3. The van der Waals surface area contributed by atoms with Gasteiger partial charge in [0.25, 0.3) is 0 Å². The molecule has 1 saturated carbocycles. The summed E-state index contributed by atoms with van der Waals surface area (Å²) in [6, 6.07) is 0. The first kappa shape index (κ1) is 13.0. The van der Waals surface area contributed by atoms with E-state index in [1.165, 1.54) is 6.92 Å². The number of esters is 1. The molecule has 4 nitrogen and oxygen atoms in total. The molecule has 0 aromatic carbocycles. The molecule has 0 aromatic heterocycles. The highest BCUT2D eigenvalue weighted by atomic mass is 16.6. The summed E-state index contributed by atoms with van der Waals surface area (Å²) in [6.45, 7) is 7.16. The Morgan fingerprint density at radius 1 is 1.38 bits per heavy atom. The van der Waals surface area contributed by atoms with Gasteiger partial charge in [0.05, 0.1) is 5.92 Å². The Labute approximate surface area is 96.0 Å². The van der Waals surface area contributed by atoms with Gasteiger partial charge >= 0.3 is 11.9 Å². The molecule has 16 heavy (non-hydrogen) atoms. The quantitative estimate of drug-likeness (QED) is 0.748. The maximum atomic E-state index is 11.3. The minimum absolute atomic E-state index is 0.108. The molecule has 0 radical (unpaired) electrons. The van der Waals surface area contributed by atoms with Crippen LogP contribution in [0.1, 0.15) is 40.5 Å². The largest absolute Gasteiger partial charge is 0.481 e. The average Bonchev–Trinajstić information content (AvgIpc) is 2.20. The zero-order chi connectivity index (χ0) is 12.5. The van der Waals surface area contributed by atoms with Gasteiger partial charge in [0.1, 0.15) is 5.60 Å². The molecule has 0 aromatic rings. The van der Waals surface area contributed by atoms with Gasteiger partial charge in [-0.2, -0.15) is 0 Å². The van der Waals surface area contributed by atoms with Gasteiger partial charge in [-0.1, -0.05) is 27.2 Å². The van der Waals surface area contributed by atoms with Crippen LogP contribution in [0, 0.1) is 17.8 Å². The number of carbonyl (C=O) groups is 2. The predicted octanol–water partition coefficient (Wildman–Crippen LogP) is 2.08. The molecule has 1 N–H and O–H groups in total. The number of carboxylic acids is 1. The molecule has 4 unspecified atom stereocenters. The number of carbonyl (C=O) groups excluding carboxylic acids is 1. The van der Waals surface area contributed by atoms with Crippen LogP contribution in [0.4, 0.5) is 0 Å². The van der Waals surface area contributed by atoms with Crippen LogP contribution in [0.15, 0.2) is 0 Å². The fraction of sp³-hybridized carbons (Fsp3) is 0.833. The number of carboxylic acid groups (broad SMARTS) is 1. The highest BCUT2D eigenvalue weighted by Crippen LogP contribution is 2.55. The Balaban J connectivity index is 2.99. The van der Waals surface area contributed by atoms with Gasteiger partial charge in [0.15, 0.2) is 0 Å². The first-order valence-corrected chi connectivity index (χ1v) is 5.83. The van der Waals surface area contributed by atoms with Crippen molar-refractivity contribution in [2.24, 2.45) is 17.8 Å². The normalized spacial score (nSPS) is 37.6. The summed E-state index contributed by atoms with van der Waals surface area (Å²) >= 11 is 0. The predicted molar refractivity (Wildman–Crippen MR) is 58.9 cm³/mol. The molecular formula is C12H20O4. The number of ether oxygens (including phenoxy) is 1. The Morgan fingerprint density at radius 2 is 1.94 bits per heavy atom. The summed E-state index contributed by atoms with van der Waals surface area (Å²) in [5.74, 6) is -1.58. The first-order valence-electron chi connectivity index (χ1n) is 5.83. The van der Waals surface area contributed by atoms with Gasteiger partial charge in [0, 0.05) is 12.8 Å². The monoisotopic (exact) mass is 228 g/mol. The smallest absolute Gasteiger partial charge is 0.310 e. The number of hydrogen-bond donors (Lipinski definition) is 1. The molecule has 0 amide bonds. The van der Waals surface area contributed by atoms with Gasteiger partial charge < -0.3 is 9.84 Å². The van der Waals surface area contributed by atoms with Crippen molar-refractivity contribution in [3.05, 3.63) is 0 Å². The summed E-state index contributed by atoms with van der Waals surface area (Å²) in [7, 11) is 0. The van der Waals surface area contributed by atoms with E-state index in [1.54, 1.807) is 0 Å². The molecule has 4 heteroatoms. The fourth-order valence-electron chi connectivity index (χ4n) is 3.20. The number of hydrogen-bond acceptors (Lipinski definition) is 3. The van der Waals surface area contributed by atoms with Crippen molar-refractivity contribution >= 4 is 11.9 Å². The van der Waals surface area contributed by atoms with Crippen molar-refractivity contribution in [1.82, 2.24) is 0 Å². The van der Waals surface area contributed by atoms with Gasteiger partial charge in [-0.15, -0.1) is 0 Å². The van der Waals surface area contributed by atoms with Crippen LogP contribution in [-0.2, 0) is 14.3 Å². The van der Waals surface area contributed by atoms with E-state index in [9.17, 15) is 14.7 Å². The highest BCUT2D eigenvalue weighted by molar-refractivity contribution is 5.75. The molecule has 0 saturated heterocycles. The third kappa shape index (κ3) is 1.70. The van der Waals surface area contributed by atoms with Crippen molar-refractivity contribution < 1.29 is 19.4 Å². The van der Waals surface area contributed by atoms with E-state index in [0.29, 0.717) is 6.42 Å². The van der Waals surface area contributed by atoms with Gasteiger partial charge in [-0.05, 0) is 12.3 Å². The second-order valence-corrected chi connectivity index (χ2v) is 4.58. The minimum Gasteiger partial charge on any atom is -0.481 e. The van der Waals surface area contributed by atoms with Gasteiger partial charge in [0.2, 0.25) is 0 Å². The van der Waals surface area contributed by atoms with Crippen LogP contribution in [-0.4, -0.2) is 22.6 Å². The lowest BCUT2D eigenvalue weighted by molar-refractivity contribution is -0.228. The topological polar surface area (TPSA) is 63.6 Å². The zero-order valence-corrected chi connectivity index (χ0v) is 10.3. The Kier molecular flexibility index (Phi) is 3.61. The molecule has 1 rings (SSSR count). The fourth-order valence-corrected chi connectivity index (χ4v) is 3.20. The molecule has 4 atom stereocenters. The van der Waals surface area contributed by atoms with Crippen LogP contribution in [0.25, 0.3) is 0 Å². The van der Waals surface area contributed by atoms with Crippen molar-refractivity contribution in [3.63, 3.8) is 0 Å². The summed E-state index contributed by atoms with van der Waals surface area (Å²) in [6.07, 6.45) is 1.36. The molecule has 0 heterocycles. The van der Waals surface area contributed by atoms with Crippen LogP contribution in [0.3, 0.4) is 0 Å². The second kappa shape index (κ2) is 4.44. The molecule has 0 aliphatic heterocycles. The third-order valence-corrected chi connectivity index (χ3v) is 3.99. The molecule has 1 fully saturated rings. The second-order valence-electron chi connectivity index (χ2n) is 4.58. The first-order chi connectivity index (χ1) is 7.40. The summed E-state index contributed by atoms with van der Waals surface area (Å²) < 4.78 is 5.32. The van der Waals surface area contributed by atoms with Crippen molar-refractivity contribution in [3.8, 4) is 0 Å². The van der Waals surface area contributed by atoms with Crippen molar-refractivity contribution in [1.29, 1.82) is 0 Å². The standard InChI is InChI=1S/C12H20O4/c1-5-9-7(3)12(6-2,16-8(4)13)10(9)11(14)15/h7,9-10H,5-6H2,1-4H3,(H,14,15). The minimum atomic E-state index is -0.854. The van der Waals surface area contributed by atoms with Crippen molar-refractivity contribution in [2.75, 3.05) is 0 Å². The number of rotatable bonds is 4. The van der Waals surface area contributed by atoms with Crippen LogP contribution in [0.5, 0.6) is 0 Å². The molecule has 0 bridgehead atoms. The molecule has 92 valence electrons. The van der Waals surface area contributed by atoms with E-state index < -0.39 is 23.5 Å². The van der Waals surface area contributed by atoms with E-state index >= 15 is 0 Å².